The lowest BCUT2D eigenvalue weighted by Gasteiger charge is -2.07. The van der Waals surface area contributed by atoms with E-state index < -0.39 is 0 Å². The summed E-state index contributed by atoms with van der Waals surface area (Å²) in [6.07, 6.45) is 1.88. The fourth-order valence-electron chi connectivity index (χ4n) is 5.56. The number of pyridine rings is 1. The molecule has 5 aromatic carbocycles. The lowest BCUT2D eigenvalue weighted by atomic mass is 10.0. The van der Waals surface area contributed by atoms with Gasteiger partial charge in [0.05, 0.1) is 11.0 Å². The van der Waals surface area contributed by atoms with Crippen LogP contribution in [0.2, 0.25) is 0 Å². The Bertz CT molecular complexity index is 2060. The second-order valence-corrected chi connectivity index (χ2v) is 9.92. The first-order chi connectivity index (χ1) is 16.9. The first-order valence-electron chi connectivity index (χ1n) is 11.5. The highest BCUT2D eigenvalue weighted by Crippen LogP contribution is 2.44. The van der Waals surface area contributed by atoms with E-state index in [0.717, 1.165) is 5.82 Å². The maximum atomic E-state index is 4.75. The van der Waals surface area contributed by atoms with Crippen molar-refractivity contribution < 1.29 is 0 Å². The van der Waals surface area contributed by atoms with E-state index >= 15 is 0 Å². The Balaban J connectivity index is 1.64. The number of fused-ring (bicyclic) bond motifs is 10. The van der Waals surface area contributed by atoms with E-state index in [4.69, 9.17) is 4.98 Å². The highest BCUT2D eigenvalue weighted by Gasteiger charge is 2.18. The molecule has 0 atom stereocenters. The third-order valence-electron chi connectivity index (χ3n) is 7.01. The molecule has 0 N–H and O–H groups in total. The molecule has 0 amide bonds. The van der Waals surface area contributed by atoms with Crippen molar-refractivity contribution in [2.45, 2.75) is 0 Å². The van der Waals surface area contributed by atoms with Crippen LogP contribution in [0.4, 0.5) is 0 Å². The first-order valence-corrected chi connectivity index (χ1v) is 12.3. The van der Waals surface area contributed by atoms with E-state index in [1.54, 1.807) is 0 Å². The molecule has 0 unspecified atom stereocenters. The van der Waals surface area contributed by atoms with Gasteiger partial charge in [-0.1, -0.05) is 66.7 Å². The molecule has 0 fully saturated rings. The average molecular weight is 451 g/mol. The molecule has 0 saturated carbocycles. The van der Waals surface area contributed by atoms with Crippen molar-refractivity contribution in [2.75, 3.05) is 0 Å². The molecule has 3 heteroatoms. The Labute approximate surface area is 199 Å². The maximum Gasteiger partial charge on any atom is 0.137 e. The third-order valence-corrected chi connectivity index (χ3v) is 8.13. The number of nitrogens with zero attached hydrogens (tertiary/aromatic N) is 2. The topological polar surface area (TPSA) is 17.8 Å². The average Bonchev–Trinajstić information content (AvgIpc) is 3.43. The highest BCUT2D eigenvalue weighted by molar-refractivity contribution is 7.26. The van der Waals surface area contributed by atoms with Crippen LogP contribution in [0, 0.1) is 0 Å². The van der Waals surface area contributed by atoms with Crippen molar-refractivity contribution >= 4 is 74.9 Å². The van der Waals surface area contributed by atoms with Gasteiger partial charge in [-0.15, -0.1) is 11.3 Å². The molecule has 8 rings (SSSR count). The highest BCUT2D eigenvalue weighted by atomic mass is 32.1. The molecule has 3 aromatic heterocycles. The van der Waals surface area contributed by atoms with Crippen molar-refractivity contribution in [1.29, 1.82) is 0 Å². The summed E-state index contributed by atoms with van der Waals surface area (Å²) in [5.41, 5.74) is 2.39. The van der Waals surface area contributed by atoms with Gasteiger partial charge in [0, 0.05) is 37.1 Å². The molecule has 0 radical (unpaired) electrons. The zero-order valence-electron chi connectivity index (χ0n) is 18.2. The number of thiophene rings is 1. The van der Waals surface area contributed by atoms with Crippen LogP contribution in [0.25, 0.3) is 69.3 Å². The minimum Gasteiger partial charge on any atom is -0.294 e. The summed E-state index contributed by atoms with van der Waals surface area (Å²) in [4.78, 5) is 4.75. The second-order valence-electron chi connectivity index (χ2n) is 8.83. The molecule has 34 heavy (non-hydrogen) atoms. The van der Waals surface area contributed by atoms with Gasteiger partial charge in [-0.05, 0) is 57.9 Å². The molecular formula is C31H18N2S. The zero-order valence-corrected chi connectivity index (χ0v) is 19.0. The number of hydrogen-bond donors (Lipinski definition) is 0. The fourth-order valence-corrected chi connectivity index (χ4v) is 6.70. The van der Waals surface area contributed by atoms with Crippen molar-refractivity contribution in [3.05, 3.63) is 109 Å². The summed E-state index contributed by atoms with van der Waals surface area (Å²) < 4.78 is 4.98. The standard InChI is InChI=1S/C31H18N2S/c1-3-9-21-19(7-1)12-14-25-30(21)23-18-28-24(17-26(23)33(25)29-11-5-6-16-32-29)31-22-10-4-2-8-20(22)13-15-27(31)34-28/h1-18H. The second kappa shape index (κ2) is 6.66. The predicted molar refractivity (Wildman–Crippen MR) is 146 cm³/mol. The van der Waals surface area contributed by atoms with E-state index in [-0.39, 0.29) is 0 Å². The van der Waals surface area contributed by atoms with Gasteiger partial charge in [0.1, 0.15) is 5.82 Å². The van der Waals surface area contributed by atoms with Gasteiger partial charge in [-0.2, -0.15) is 0 Å². The van der Waals surface area contributed by atoms with Gasteiger partial charge in [-0.25, -0.2) is 4.98 Å². The summed E-state index contributed by atoms with van der Waals surface area (Å²) in [6.45, 7) is 0. The minimum atomic E-state index is 0.946. The van der Waals surface area contributed by atoms with E-state index in [1.165, 1.54) is 63.5 Å². The Hall–Kier alpha value is -4.21. The summed E-state index contributed by atoms with van der Waals surface area (Å²) in [6, 6.07) is 37.3. The van der Waals surface area contributed by atoms with Gasteiger partial charge in [0.25, 0.3) is 0 Å². The third kappa shape index (κ3) is 2.37. The van der Waals surface area contributed by atoms with Crippen LogP contribution in [-0.4, -0.2) is 9.55 Å². The van der Waals surface area contributed by atoms with Crippen LogP contribution in [0.3, 0.4) is 0 Å². The van der Waals surface area contributed by atoms with Crippen LogP contribution in [0.5, 0.6) is 0 Å². The summed E-state index contributed by atoms with van der Waals surface area (Å²) in [7, 11) is 0. The Morgan fingerprint density at radius 1 is 0.529 bits per heavy atom. The van der Waals surface area contributed by atoms with Gasteiger partial charge < -0.3 is 0 Å². The first kappa shape index (κ1) is 18.2. The molecule has 2 nitrogen and oxygen atoms in total. The molecule has 3 heterocycles. The van der Waals surface area contributed by atoms with Gasteiger partial charge in [-0.3, -0.25) is 4.57 Å². The Kier molecular flexibility index (Phi) is 3.57. The normalized spacial score (nSPS) is 12.1. The SMILES string of the molecule is c1ccc(-n2c3cc4c(cc3c3c5ccccc5ccc32)sc2ccc3ccccc3c24)nc1. The summed E-state index contributed by atoms with van der Waals surface area (Å²) in [5, 5.41) is 10.4. The Morgan fingerprint density at radius 2 is 1.26 bits per heavy atom. The predicted octanol–water partition coefficient (Wildman–Crippen LogP) is 8.85. The van der Waals surface area contributed by atoms with Crippen LogP contribution >= 0.6 is 11.3 Å². The maximum absolute atomic E-state index is 4.75. The number of rotatable bonds is 1. The zero-order chi connectivity index (χ0) is 22.2. The molecule has 0 saturated heterocycles. The number of aromatic nitrogens is 2. The lowest BCUT2D eigenvalue weighted by Crippen LogP contribution is -1.96. The molecule has 0 aliphatic rings. The van der Waals surface area contributed by atoms with E-state index in [1.807, 2.05) is 23.6 Å². The van der Waals surface area contributed by atoms with Gasteiger partial charge >= 0.3 is 0 Å². The van der Waals surface area contributed by atoms with Gasteiger partial charge in [0.15, 0.2) is 0 Å². The van der Waals surface area contributed by atoms with Crippen LogP contribution < -0.4 is 0 Å². The summed E-state index contributed by atoms with van der Waals surface area (Å²) >= 11 is 1.89. The number of benzene rings is 5. The van der Waals surface area contributed by atoms with Gasteiger partial charge in [0.2, 0.25) is 0 Å². The quantitative estimate of drug-likeness (QED) is 0.244. The van der Waals surface area contributed by atoms with Crippen molar-refractivity contribution in [3.8, 4) is 5.82 Å². The molecular weight excluding hydrogens is 432 g/mol. The monoisotopic (exact) mass is 450 g/mol. The summed E-state index contributed by atoms with van der Waals surface area (Å²) in [5.74, 6) is 0.946. The van der Waals surface area contributed by atoms with Crippen molar-refractivity contribution in [3.63, 3.8) is 0 Å². The Morgan fingerprint density at radius 3 is 2.06 bits per heavy atom. The van der Waals surface area contributed by atoms with Crippen LogP contribution in [0.1, 0.15) is 0 Å². The lowest BCUT2D eigenvalue weighted by molar-refractivity contribution is 1.08. The van der Waals surface area contributed by atoms with Crippen LogP contribution in [-0.2, 0) is 0 Å². The van der Waals surface area contributed by atoms with E-state index in [2.05, 4.69) is 102 Å². The van der Waals surface area contributed by atoms with Crippen molar-refractivity contribution in [2.24, 2.45) is 0 Å². The molecule has 0 aliphatic heterocycles. The van der Waals surface area contributed by atoms with Crippen molar-refractivity contribution in [1.82, 2.24) is 9.55 Å². The van der Waals surface area contributed by atoms with E-state index in [9.17, 15) is 0 Å². The smallest absolute Gasteiger partial charge is 0.137 e. The molecule has 158 valence electrons. The molecule has 0 bridgehead atoms. The molecule has 0 spiro atoms. The van der Waals surface area contributed by atoms with E-state index in [0.29, 0.717) is 0 Å². The minimum absolute atomic E-state index is 0.946. The fraction of sp³-hybridized carbons (Fsp3) is 0. The largest absolute Gasteiger partial charge is 0.294 e. The molecule has 8 aromatic rings. The molecule has 0 aliphatic carbocycles. The number of hydrogen-bond acceptors (Lipinski definition) is 2. The van der Waals surface area contributed by atoms with Crippen LogP contribution in [0.15, 0.2) is 109 Å².